The molecule has 98 valence electrons. The van der Waals surface area contributed by atoms with E-state index in [-0.39, 0.29) is 11.6 Å². The molecule has 1 aliphatic rings. The third kappa shape index (κ3) is 2.31. The molecule has 7 heteroatoms. The van der Waals surface area contributed by atoms with Gasteiger partial charge >= 0.3 is 6.18 Å². The number of hydrogen-bond donors (Lipinski definition) is 1. The number of halogens is 3. The van der Waals surface area contributed by atoms with Gasteiger partial charge in [0.25, 0.3) is 5.69 Å². The Kier molecular flexibility index (Phi) is 3.25. The zero-order valence-electron chi connectivity index (χ0n) is 9.33. The molecular formula is C11H11F3N2O2. The molecule has 1 unspecified atom stereocenters. The van der Waals surface area contributed by atoms with Crippen molar-refractivity contribution in [1.82, 2.24) is 5.32 Å². The van der Waals surface area contributed by atoms with Gasteiger partial charge in [-0.25, -0.2) is 0 Å². The van der Waals surface area contributed by atoms with Gasteiger partial charge in [-0.2, -0.15) is 13.2 Å². The maximum Gasteiger partial charge on any atom is 0.423 e. The molecule has 0 saturated carbocycles. The van der Waals surface area contributed by atoms with E-state index in [1.165, 1.54) is 12.1 Å². The summed E-state index contributed by atoms with van der Waals surface area (Å²) in [7, 11) is 0. The molecule has 0 spiro atoms. The van der Waals surface area contributed by atoms with Crippen molar-refractivity contribution in [3.63, 3.8) is 0 Å². The summed E-state index contributed by atoms with van der Waals surface area (Å²) >= 11 is 0. The lowest BCUT2D eigenvalue weighted by Crippen LogP contribution is -2.17. The van der Waals surface area contributed by atoms with Gasteiger partial charge in [0.1, 0.15) is 5.56 Å². The number of nitro benzene ring substituents is 1. The molecule has 4 nitrogen and oxygen atoms in total. The van der Waals surface area contributed by atoms with Crippen LogP contribution in [-0.2, 0) is 6.18 Å². The molecule has 1 fully saturated rings. The summed E-state index contributed by atoms with van der Waals surface area (Å²) in [6.45, 7) is 0.665. The summed E-state index contributed by atoms with van der Waals surface area (Å²) in [6, 6.07) is 2.98. The van der Waals surface area contributed by atoms with Crippen LogP contribution in [0.25, 0.3) is 0 Å². The number of para-hydroxylation sites is 1. The second-order valence-corrected chi connectivity index (χ2v) is 4.15. The molecule has 0 radical (unpaired) electrons. The number of benzene rings is 1. The minimum absolute atomic E-state index is 0.118. The average molecular weight is 260 g/mol. The van der Waals surface area contributed by atoms with Crippen LogP contribution >= 0.6 is 0 Å². The molecule has 0 bridgehead atoms. The Bertz CT molecular complexity index is 468. The number of nitro groups is 1. The second kappa shape index (κ2) is 4.56. The monoisotopic (exact) mass is 260 g/mol. The van der Waals surface area contributed by atoms with Crippen molar-refractivity contribution >= 4 is 5.69 Å². The van der Waals surface area contributed by atoms with Crippen molar-refractivity contribution in [3.8, 4) is 0 Å². The van der Waals surface area contributed by atoms with Crippen LogP contribution in [0.3, 0.4) is 0 Å². The van der Waals surface area contributed by atoms with Gasteiger partial charge < -0.3 is 5.32 Å². The van der Waals surface area contributed by atoms with Gasteiger partial charge in [-0.05, 0) is 25.5 Å². The molecule has 1 saturated heterocycles. The van der Waals surface area contributed by atoms with E-state index in [4.69, 9.17) is 0 Å². The van der Waals surface area contributed by atoms with Crippen LogP contribution in [0, 0.1) is 10.1 Å². The maximum absolute atomic E-state index is 12.8. The molecule has 0 amide bonds. The molecule has 1 aromatic rings. The number of nitrogens with zero attached hydrogens (tertiary/aromatic N) is 1. The predicted octanol–water partition coefficient (Wildman–Crippen LogP) is 3.04. The van der Waals surface area contributed by atoms with Crippen molar-refractivity contribution in [3.05, 3.63) is 39.4 Å². The normalized spacial score (nSPS) is 20.1. The fourth-order valence-corrected chi connectivity index (χ4v) is 2.23. The average Bonchev–Trinajstić information content (AvgIpc) is 2.80. The highest BCUT2D eigenvalue weighted by Crippen LogP contribution is 2.41. The van der Waals surface area contributed by atoms with Crippen LogP contribution in [0.1, 0.15) is 30.0 Å². The van der Waals surface area contributed by atoms with E-state index in [1.54, 1.807) is 0 Å². The SMILES string of the molecule is O=[N+]([O-])c1c(C2CCCN2)cccc1C(F)(F)F. The third-order valence-electron chi connectivity index (χ3n) is 2.99. The summed E-state index contributed by atoms with van der Waals surface area (Å²) < 4.78 is 38.3. The molecule has 18 heavy (non-hydrogen) atoms. The lowest BCUT2D eigenvalue weighted by molar-refractivity contribution is -0.389. The Balaban J connectivity index is 2.56. The Hall–Kier alpha value is -1.63. The second-order valence-electron chi connectivity index (χ2n) is 4.15. The van der Waals surface area contributed by atoms with Gasteiger partial charge in [-0.3, -0.25) is 10.1 Å². The van der Waals surface area contributed by atoms with Gasteiger partial charge in [-0.15, -0.1) is 0 Å². The van der Waals surface area contributed by atoms with Crippen LogP contribution < -0.4 is 5.32 Å². The van der Waals surface area contributed by atoms with E-state index in [0.29, 0.717) is 13.0 Å². The molecule has 1 atom stereocenters. The first-order valence-corrected chi connectivity index (χ1v) is 5.49. The lowest BCUT2D eigenvalue weighted by atomic mass is 9.99. The fraction of sp³-hybridized carbons (Fsp3) is 0.455. The highest BCUT2D eigenvalue weighted by molar-refractivity contribution is 5.51. The largest absolute Gasteiger partial charge is 0.423 e. The molecule has 0 aliphatic carbocycles. The molecule has 1 aromatic carbocycles. The Morgan fingerprint density at radius 1 is 1.39 bits per heavy atom. The van der Waals surface area contributed by atoms with Gasteiger partial charge in [0.05, 0.1) is 4.92 Å². The lowest BCUT2D eigenvalue weighted by Gasteiger charge is -2.14. The van der Waals surface area contributed by atoms with E-state index in [1.807, 2.05) is 0 Å². The third-order valence-corrected chi connectivity index (χ3v) is 2.99. The van der Waals surface area contributed by atoms with Crippen molar-refractivity contribution in [2.24, 2.45) is 0 Å². The molecule has 1 N–H and O–H groups in total. The topological polar surface area (TPSA) is 55.2 Å². The van der Waals surface area contributed by atoms with Crippen LogP contribution in [0.2, 0.25) is 0 Å². The zero-order chi connectivity index (χ0) is 13.3. The van der Waals surface area contributed by atoms with Crippen LogP contribution in [0.5, 0.6) is 0 Å². The first-order chi connectivity index (χ1) is 8.41. The first-order valence-electron chi connectivity index (χ1n) is 5.49. The van der Waals surface area contributed by atoms with E-state index in [2.05, 4.69) is 5.32 Å². The number of alkyl halides is 3. The standard InChI is InChI=1S/C11H11F3N2O2/c12-11(13,14)8-4-1-3-7(10(8)16(17)18)9-5-2-6-15-9/h1,3-4,9,15H,2,5-6H2. The van der Waals surface area contributed by atoms with E-state index in [9.17, 15) is 23.3 Å². The van der Waals surface area contributed by atoms with Crippen LogP contribution in [0.4, 0.5) is 18.9 Å². The molecule has 2 rings (SSSR count). The fourth-order valence-electron chi connectivity index (χ4n) is 2.23. The van der Waals surface area contributed by atoms with Crippen molar-refractivity contribution in [2.75, 3.05) is 6.54 Å². The summed E-state index contributed by atoms with van der Waals surface area (Å²) in [4.78, 5) is 9.98. The number of rotatable bonds is 2. The molecule has 1 aliphatic heterocycles. The van der Waals surface area contributed by atoms with E-state index >= 15 is 0 Å². The zero-order valence-corrected chi connectivity index (χ0v) is 9.33. The summed E-state index contributed by atoms with van der Waals surface area (Å²) in [5, 5.41) is 13.9. The van der Waals surface area contributed by atoms with Crippen molar-refractivity contribution < 1.29 is 18.1 Å². The van der Waals surface area contributed by atoms with Gasteiger partial charge in [0, 0.05) is 11.6 Å². The van der Waals surface area contributed by atoms with Crippen molar-refractivity contribution in [1.29, 1.82) is 0 Å². The molecule has 0 aromatic heterocycles. The first kappa shape index (κ1) is 12.8. The highest BCUT2D eigenvalue weighted by Gasteiger charge is 2.40. The number of nitrogens with one attached hydrogen (secondary N) is 1. The molecular weight excluding hydrogens is 249 g/mol. The van der Waals surface area contributed by atoms with Crippen LogP contribution in [-0.4, -0.2) is 11.5 Å². The summed E-state index contributed by atoms with van der Waals surface area (Å²) in [6.07, 6.45) is -3.29. The predicted molar refractivity (Wildman–Crippen MR) is 58.1 cm³/mol. The Morgan fingerprint density at radius 3 is 2.61 bits per heavy atom. The Labute approximate surface area is 101 Å². The van der Waals surface area contributed by atoms with Crippen molar-refractivity contribution in [2.45, 2.75) is 25.1 Å². The van der Waals surface area contributed by atoms with Gasteiger partial charge in [0.2, 0.25) is 0 Å². The smallest absolute Gasteiger partial charge is 0.310 e. The van der Waals surface area contributed by atoms with E-state index in [0.717, 1.165) is 12.5 Å². The minimum Gasteiger partial charge on any atom is -0.310 e. The highest BCUT2D eigenvalue weighted by atomic mass is 19.4. The number of hydrogen-bond acceptors (Lipinski definition) is 3. The quantitative estimate of drug-likeness (QED) is 0.656. The maximum atomic E-state index is 12.8. The molecule has 1 heterocycles. The van der Waals surface area contributed by atoms with Crippen LogP contribution in [0.15, 0.2) is 18.2 Å². The van der Waals surface area contributed by atoms with E-state index < -0.39 is 22.4 Å². The summed E-state index contributed by atoms with van der Waals surface area (Å²) in [5.74, 6) is 0. The Morgan fingerprint density at radius 2 is 2.11 bits per heavy atom. The van der Waals surface area contributed by atoms with Gasteiger partial charge in [-0.1, -0.05) is 12.1 Å². The minimum atomic E-state index is -4.71. The summed E-state index contributed by atoms with van der Waals surface area (Å²) in [5.41, 5.74) is -1.89. The van der Waals surface area contributed by atoms with Gasteiger partial charge in [0.15, 0.2) is 0 Å².